The number of carbonyl (C=O) groups excluding carboxylic acids is 1. The molecule has 0 radical (unpaired) electrons. The number of nitrogens with zero attached hydrogens (tertiary/aromatic N) is 3. The molecule has 1 aromatic carbocycles. The normalized spacial score (nSPS) is 15.5. The van der Waals surface area contributed by atoms with E-state index < -0.39 is 0 Å². The molecule has 128 valence electrons. The summed E-state index contributed by atoms with van der Waals surface area (Å²) in [5, 5.41) is 3.70. The molecule has 3 aromatic rings. The van der Waals surface area contributed by atoms with E-state index in [-0.39, 0.29) is 11.7 Å². The molecule has 0 spiro atoms. The molecule has 6 nitrogen and oxygen atoms in total. The maximum atomic E-state index is 12.4. The van der Waals surface area contributed by atoms with Crippen molar-refractivity contribution in [1.29, 1.82) is 0 Å². The monoisotopic (exact) mass is 336 g/mol. The van der Waals surface area contributed by atoms with E-state index in [0.29, 0.717) is 11.4 Å². The van der Waals surface area contributed by atoms with Gasteiger partial charge >= 0.3 is 0 Å². The van der Waals surface area contributed by atoms with Gasteiger partial charge in [0, 0.05) is 24.5 Å². The van der Waals surface area contributed by atoms with E-state index in [1.165, 1.54) is 6.33 Å². The second-order valence-corrected chi connectivity index (χ2v) is 6.53. The Morgan fingerprint density at radius 1 is 1.20 bits per heavy atom. The van der Waals surface area contributed by atoms with Crippen LogP contribution in [0.1, 0.15) is 30.3 Å². The number of benzene rings is 1. The molecule has 1 aliphatic heterocycles. The van der Waals surface area contributed by atoms with E-state index in [4.69, 9.17) is 4.42 Å². The van der Waals surface area contributed by atoms with E-state index in [1.807, 2.05) is 30.3 Å². The first-order chi connectivity index (χ1) is 12.2. The molecule has 0 bridgehead atoms. The van der Waals surface area contributed by atoms with Crippen molar-refractivity contribution >= 4 is 28.5 Å². The number of anilines is 2. The molecular weight excluding hydrogens is 316 g/mol. The number of nitrogens with one attached hydrogen (secondary N) is 1. The highest BCUT2D eigenvalue weighted by Crippen LogP contribution is 2.23. The number of piperidine rings is 1. The quantitative estimate of drug-likeness (QED) is 0.789. The predicted octanol–water partition coefficient (Wildman–Crippen LogP) is 3.71. The highest BCUT2D eigenvalue weighted by molar-refractivity contribution is 6.04. The smallest absolute Gasteiger partial charge is 0.292 e. The van der Waals surface area contributed by atoms with E-state index >= 15 is 0 Å². The number of hydrogen-bond acceptors (Lipinski definition) is 5. The fourth-order valence-corrected chi connectivity index (χ4v) is 3.10. The Balaban J connectivity index is 1.50. The fraction of sp³-hybridized carbons (Fsp3) is 0.316. The first-order valence-corrected chi connectivity index (χ1v) is 8.56. The summed E-state index contributed by atoms with van der Waals surface area (Å²) < 4.78 is 5.59. The van der Waals surface area contributed by atoms with Gasteiger partial charge in [0.15, 0.2) is 5.76 Å². The lowest BCUT2D eigenvalue weighted by Gasteiger charge is -2.31. The van der Waals surface area contributed by atoms with Crippen LogP contribution in [0.5, 0.6) is 0 Å². The standard InChI is InChI=1S/C19H20N4O2/c1-13-6-8-23(9-7-13)18-11-17(20-12-21-18)22-19(24)16-10-14-4-2-3-5-15(14)25-16/h2-5,10-13H,6-9H2,1H3,(H,20,21,22,24). The van der Waals surface area contributed by atoms with Crippen molar-refractivity contribution in [1.82, 2.24) is 9.97 Å². The summed E-state index contributed by atoms with van der Waals surface area (Å²) in [5.74, 6) is 2.04. The van der Waals surface area contributed by atoms with Gasteiger partial charge in [0.1, 0.15) is 23.5 Å². The summed E-state index contributed by atoms with van der Waals surface area (Å²) in [6.07, 6.45) is 3.80. The number of carbonyl (C=O) groups is 1. The average molecular weight is 336 g/mol. The van der Waals surface area contributed by atoms with Gasteiger partial charge in [0.05, 0.1) is 0 Å². The molecule has 1 saturated heterocycles. The van der Waals surface area contributed by atoms with Gasteiger partial charge in [0.25, 0.3) is 5.91 Å². The number of furan rings is 1. The lowest BCUT2D eigenvalue weighted by atomic mass is 9.99. The molecule has 1 fully saturated rings. The summed E-state index contributed by atoms with van der Waals surface area (Å²) in [4.78, 5) is 23.2. The van der Waals surface area contributed by atoms with Crippen LogP contribution in [0, 0.1) is 5.92 Å². The topological polar surface area (TPSA) is 71.3 Å². The van der Waals surface area contributed by atoms with Gasteiger partial charge in [-0.15, -0.1) is 0 Å². The van der Waals surface area contributed by atoms with E-state index in [2.05, 4.69) is 27.1 Å². The van der Waals surface area contributed by atoms with Gasteiger partial charge in [0.2, 0.25) is 0 Å². The van der Waals surface area contributed by atoms with Crippen LogP contribution in [-0.4, -0.2) is 29.0 Å². The Labute approximate surface area is 145 Å². The summed E-state index contributed by atoms with van der Waals surface area (Å²) in [7, 11) is 0. The molecule has 25 heavy (non-hydrogen) atoms. The molecule has 0 atom stereocenters. The van der Waals surface area contributed by atoms with E-state index in [1.54, 1.807) is 6.07 Å². The number of amides is 1. The largest absolute Gasteiger partial charge is 0.451 e. The molecule has 6 heteroatoms. The summed E-state index contributed by atoms with van der Waals surface area (Å²) in [6.45, 7) is 4.24. The van der Waals surface area contributed by atoms with Crippen LogP contribution in [-0.2, 0) is 0 Å². The summed E-state index contributed by atoms with van der Waals surface area (Å²) in [6, 6.07) is 11.1. The third-order valence-electron chi connectivity index (χ3n) is 4.65. The maximum Gasteiger partial charge on any atom is 0.292 e. The number of hydrogen-bond donors (Lipinski definition) is 1. The molecule has 1 N–H and O–H groups in total. The van der Waals surface area contributed by atoms with Crippen molar-refractivity contribution in [2.45, 2.75) is 19.8 Å². The van der Waals surface area contributed by atoms with Gasteiger partial charge in [-0.25, -0.2) is 9.97 Å². The summed E-state index contributed by atoms with van der Waals surface area (Å²) >= 11 is 0. The van der Waals surface area contributed by atoms with E-state index in [0.717, 1.165) is 43.1 Å². The fourth-order valence-electron chi connectivity index (χ4n) is 3.10. The zero-order valence-electron chi connectivity index (χ0n) is 14.1. The third-order valence-corrected chi connectivity index (χ3v) is 4.65. The Hall–Kier alpha value is -2.89. The zero-order valence-corrected chi connectivity index (χ0v) is 14.1. The maximum absolute atomic E-state index is 12.4. The Kier molecular flexibility index (Phi) is 4.09. The Morgan fingerprint density at radius 2 is 2.00 bits per heavy atom. The van der Waals surface area contributed by atoms with Gasteiger partial charge in [-0.2, -0.15) is 0 Å². The van der Waals surface area contributed by atoms with Crippen molar-refractivity contribution < 1.29 is 9.21 Å². The average Bonchev–Trinajstić information content (AvgIpc) is 3.07. The molecule has 0 unspecified atom stereocenters. The van der Waals surface area contributed by atoms with Crippen LogP contribution in [0.15, 0.2) is 47.1 Å². The van der Waals surface area contributed by atoms with Crippen molar-refractivity contribution in [2.75, 3.05) is 23.3 Å². The lowest BCUT2D eigenvalue weighted by molar-refractivity contribution is 0.0998. The zero-order chi connectivity index (χ0) is 17.2. The van der Waals surface area contributed by atoms with Gasteiger partial charge < -0.3 is 14.6 Å². The van der Waals surface area contributed by atoms with Gasteiger partial charge in [-0.05, 0) is 30.9 Å². The minimum Gasteiger partial charge on any atom is -0.451 e. The van der Waals surface area contributed by atoms with Crippen molar-refractivity contribution in [3.8, 4) is 0 Å². The number of rotatable bonds is 3. The molecule has 2 aromatic heterocycles. The van der Waals surface area contributed by atoms with E-state index in [9.17, 15) is 4.79 Å². The minimum atomic E-state index is -0.312. The Bertz CT molecular complexity index is 864. The molecule has 4 rings (SSSR count). The van der Waals surface area contributed by atoms with Crippen LogP contribution in [0.4, 0.5) is 11.6 Å². The molecular formula is C19H20N4O2. The molecule has 0 saturated carbocycles. The van der Waals surface area contributed by atoms with Crippen molar-refractivity contribution in [2.24, 2.45) is 5.92 Å². The minimum absolute atomic E-state index is 0.271. The van der Waals surface area contributed by atoms with Gasteiger partial charge in [-0.3, -0.25) is 4.79 Å². The number of fused-ring (bicyclic) bond motifs is 1. The number of para-hydroxylation sites is 1. The van der Waals surface area contributed by atoms with Crippen LogP contribution >= 0.6 is 0 Å². The predicted molar refractivity (Wildman–Crippen MR) is 96.8 cm³/mol. The molecule has 1 aliphatic rings. The first-order valence-electron chi connectivity index (χ1n) is 8.56. The number of aromatic nitrogens is 2. The highest BCUT2D eigenvalue weighted by Gasteiger charge is 2.18. The molecule has 0 aliphatic carbocycles. The second kappa shape index (κ2) is 6.55. The molecule has 1 amide bonds. The Morgan fingerprint density at radius 3 is 2.80 bits per heavy atom. The second-order valence-electron chi connectivity index (χ2n) is 6.53. The van der Waals surface area contributed by atoms with Crippen molar-refractivity contribution in [3.05, 3.63) is 48.5 Å². The first kappa shape index (κ1) is 15.6. The van der Waals surface area contributed by atoms with Crippen LogP contribution in [0.3, 0.4) is 0 Å². The van der Waals surface area contributed by atoms with Crippen LogP contribution < -0.4 is 10.2 Å². The highest BCUT2D eigenvalue weighted by atomic mass is 16.3. The molecule has 3 heterocycles. The van der Waals surface area contributed by atoms with Gasteiger partial charge in [-0.1, -0.05) is 25.1 Å². The SMILES string of the molecule is CC1CCN(c2cc(NC(=O)c3cc4ccccc4o3)ncn2)CC1. The lowest BCUT2D eigenvalue weighted by Crippen LogP contribution is -2.33. The van der Waals surface area contributed by atoms with Crippen LogP contribution in [0.25, 0.3) is 11.0 Å². The third kappa shape index (κ3) is 3.33. The van der Waals surface area contributed by atoms with Crippen molar-refractivity contribution in [3.63, 3.8) is 0 Å². The van der Waals surface area contributed by atoms with Crippen LogP contribution in [0.2, 0.25) is 0 Å². The summed E-state index contributed by atoms with van der Waals surface area (Å²) in [5.41, 5.74) is 0.693.